The Bertz CT molecular complexity index is 1370. The second-order valence-electron chi connectivity index (χ2n) is 7.25. The van der Waals surface area contributed by atoms with Crippen molar-refractivity contribution < 1.29 is 18.0 Å². The monoisotopic (exact) mass is 469 g/mol. The Balaban J connectivity index is 2.07. The average Bonchev–Trinajstić information content (AvgIpc) is 2.78. The summed E-state index contributed by atoms with van der Waals surface area (Å²) in [5.74, 6) is 0.0301. The number of nitrogens with zero attached hydrogens (tertiary/aromatic N) is 2. The topological polar surface area (TPSA) is 64.0 Å². The number of Topliss-reactive ketones (excluding diaryl/α,β-unsaturated/α-hetero) is 1. The largest absolute Gasteiger partial charge is 0.417 e. The molecular weight excluding hydrogens is 451 g/mol. The molecule has 4 rings (SSSR count). The second-order valence-corrected chi connectivity index (χ2v) is 8.25. The second kappa shape index (κ2) is 9.11. The van der Waals surface area contributed by atoms with Gasteiger partial charge < -0.3 is 5.32 Å². The molecule has 33 heavy (non-hydrogen) atoms. The van der Waals surface area contributed by atoms with Gasteiger partial charge in [-0.2, -0.15) is 13.2 Å². The normalized spacial score (nSPS) is 11.5. The molecule has 1 N–H and O–H groups in total. The van der Waals surface area contributed by atoms with Crippen molar-refractivity contribution in [2.45, 2.75) is 18.1 Å². The van der Waals surface area contributed by atoms with Gasteiger partial charge >= 0.3 is 6.18 Å². The molecular formula is C24H18F3N3O2S. The lowest BCUT2D eigenvalue weighted by molar-refractivity contribution is -0.136. The van der Waals surface area contributed by atoms with Gasteiger partial charge in [-0.25, -0.2) is 4.98 Å². The van der Waals surface area contributed by atoms with Crippen molar-refractivity contribution in [3.05, 3.63) is 88.6 Å². The lowest BCUT2D eigenvalue weighted by Crippen LogP contribution is -2.18. The van der Waals surface area contributed by atoms with Crippen LogP contribution in [0.2, 0.25) is 0 Å². The third kappa shape index (κ3) is 4.93. The molecule has 2 aromatic heterocycles. The molecule has 0 aliphatic rings. The highest BCUT2D eigenvalue weighted by Crippen LogP contribution is 2.37. The van der Waals surface area contributed by atoms with E-state index in [-0.39, 0.29) is 28.0 Å². The average molecular weight is 469 g/mol. The van der Waals surface area contributed by atoms with E-state index in [1.807, 2.05) is 6.07 Å². The van der Waals surface area contributed by atoms with E-state index in [1.165, 1.54) is 11.5 Å². The summed E-state index contributed by atoms with van der Waals surface area (Å²) < 4.78 is 43.5. The molecule has 0 radical (unpaired) electrons. The first-order valence-electron chi connectivity index (χ1n) is 9.92. The third-order valence-electron chi connectivity index (χ3n) is 4.73. The molecule has 9 heteroatoms. The number of pyridine rings is 2. The first-order valence-corrected chi connectivity index (χ1v) is 10.9. The Labute approximate surface area is 191 Å². The Morgan fingerprint density at radius 3 is 2.27 bits per heavy atom. The number of thioether (sulfide) groups is 1. The molecule has 0 spiro atoms. The number of alkyl halides is 3. The van der Waals surface area contributed by atoms with E-state index < -0.39 is 22.6 Å². The number of halogens is 3. The molecule has 2 heterocycles. The van der Waals surface area contributed by atoms with Crippen LogP contribution in [0.15, 0.2) is 82.6 Å². The molecule has 0 saturated carbocycles. The van der Waals surface area contributed by atoms with Gasteiger partial charge in [-0.15, -0.1) is 0 Å². The molecule has 0 fully saturated rings. The molecule has 0 atom stereocenters. The number of rotatable bonds is 6. The van der Waals surface area contributed by atoms with Gasteiger partial charge in [-0.3, -0.25) is 14.2 Å². The van der Waals surface area contributed by atoms with E-state index in [0.717, 1.165) is 23.9 Å². The van der Waals surface area contributed by atoms with Crippen molar-refractivity contribution in [1.29, 1.82) is 0 Å². The molecule has 0 saturated heterocycles. The minimum absolute atomic E-state index is 0.00553. The Kier molecular flexibility index (Phi) is 6.24. The van der Waals surface area contributed by atoms with E-state index in [2.05, 4.69) is 10.3 Å². The molecule has 0 aliphatic carbocycles. The summed E-state index contributed by atoms with van der Waals surface area (Å²) in [7, 11) is 0. The fourth-order valence-corrected chi connectivity index (χ4v) is 4.06. The first kappa shape index (κ1) is 22.6. The number of carbonyl (C=O) groups excluding carboxylic acids is 1. The van der Waals surface area contributed by atoms with Gasteiger partial charge in [0.2, 0.25) is 0 Å². The number of nitrogens with one attached hydrogen (secondary N) is 1. The third-order valence-corrected chi connectivity index (χ3v) is 5.79. The summed E-state index contributed by atoms with van der Waals surface area (Å²) >= 11 is 0.897. The lowest BCUT2D eigenvalue weighted by Gasteiger charge is -2.20. The van der Waals surface area contributed by atoms with Gasteiger partial charge in [0.25, 0.3) is 0 Å². The number of hydrogen-bond acceptors (Lipinski definition) is 5. The van der Waals surface area contributed by atoms with Gasteiger partial charge in [0.05, 0.1) is 21.7 Å². The molecule has 5 nitrogen and oxygen atoms in total. The Morgan fingerprint density at radius 2 is 1.67 bits per heavy atom. The highest BCUT2D eigenvalue weighted by molar-refractivity contribution is 7.99. The molecule has 4 aromatic rings. The van der Waals surface area contributed by atoms with Crippen LogP contribution in [-0.4, -0.2) is 21.1 Å². The summed E-state index contributed by atoms with van der Waals surface area (Å²) in [4.78, 5) is 28.8. The highest BCUT2D eigenvalue weighted by atomic mass is 32.2. The van der Waals surface area contributed by atoms with Crippen molar-refractivity contribution in [1.82, 2.24) is 9.55 Å². The molecule has 168 valence electrons. The van der Waals surface area contributed by atoms with Gasteiger partial charge in [-0.05, 0) is 37.3 Å². The van der Waals surface area contributed by atoms with Crippen molar-refractivity contribution in [3.8, 4) is 5.69 Å². The number of para-hydroxylation sites is 2. The van der Waals surface area contributed by atoms with E-state index in [9.17, 15) is 22.8 Å². The van der Waals surface area contributed by atoms with Crippen LogP contribution in [0.25, 0.3) is 16.7 Å². The summed E-state index contributed by atoms with van der Waals surface area (Å²) in [5, 5.41) is 2.59. The highest BCUT2D eigenvalue weighted by Gasteiger charge is 2.35. The Hall–Kier alpha value is -3.59. The zero-order valence-electron chi connectivity index (χ0n) is 17.4. The maximum atomic E-state index is 14.0. The SMILES string of the molecule is CC(=O)CSc1cc(C(F)(F)F)c2c(=O)cc(Nc3ccccc3)n(-c3ccccc3)c2n1. The van der Waals surface area contributed by atoms with E-state index in [4.69, 9.17) is 0 Å². The zero-order chi connectivity index (χ0) is 23.6. The van der Waals surface area contributed by atoms with Crippen LogP contribution in [-0.2, 0) is 11.0 Å². The molecule has 2 aromatic carbocycles. The van der Waals surface area contributed by atoms with Crippen molar-refractivity contribution >= 4 is 40.1 Å². The van der Waals surface area contributed by atoms with Gasteiger partial charge in [0, 0.05) is 17.4 Å². The van der Waals surface area contributed by atoms with Crippen LogP contribution >= 0.6 is 11.8 Å². The number of anilines is 2. The number of fused-ring (bicyclic) bond motifs is 1. The molecule has 0 unspecified atom stereocenters. The summed E-state index contributed by atoms with van der Waals surface area (Å²) in [6.07, 6.45) is -4.78. The van der Waals surface area contributed by atoms with E-state index in [1.54, 1.807) is 54.6 Å². The number of carbonyl (C=O) groups is 1. The molecule has 0 amide bonds. The van der Waals surface area contributed by atoms with E-state index >= 15 is 0 Å². The minimum Gasteiger partial charge on any atom is -0.341 e. The van der Waals surface area contributed by atoms with Crippen LogP contribution in [0.3, 0.4) is 0 Å². The smallest absolute Gasteiger partial charge is 0.341 e. The van der Waals surface area contributed by atoms with Crippen LogP contribution in [0.1, 0.15) is 12.5 Å². The number of hydrogen-bond donors (Lipinski definition) is 1. The maximum Gasteiger partial charge on any atom is 0.417 e. The number of ketones is 1. The van der Waals surface area contributed by atoms with Crippen molar-refractivity contribution in [2.75, 3.05) is 11.1 Å². The standard InChI is InChI=1S/C24H18F3N3O2S/c1-15(31)14-33-21-12-18(24(25,26)27)22-19(32)13-20(28-16-8-4-2-5-9-16)30(23(22)29-21)17-10-6-3-7-11-17/h2-13,28H,14H2,1H3. The first-order chi connectivity index (χ1) is 15.7. The quantitative estimate of drug-likeness (QED) is 0.360. The van der Waals surface area contributed by atoms with Gasteiger partial charge in [0.1, 0.15) is 11.6 Å². The van der Waals surface area contributed by atoms with Crippen LogP contribution in [0.4, 0.5) is 24.7 Å². The number of benzene rings is 2. The van der Waals surface area contributed by atoms with Crippen molar-refractivity contribution in [3.63, 3.8) is 0 Å². The Morgan fingerprint density at radius 1 is 1.03 bits per heavy atom. The fraction of sp³-hybridized carbons (Fsp3) is 0.125. The van der Waals surface area contributed by atoms with Crippen LogP contribution in [0.5, 0.6) is 0 Å². The fourth-order valence-electron chi connectivity index (χ4n) is 3.36. The van der Waals surface area contributed by atoms with Gasteiger partial charge in [0.15, 0.2) is 11.1 Å². The minimum atomic E-state index is -4.78. The summed E-state index contributed by atoms with van der Waals surface area (Å²) in [5.41, 5.74) is -0.861. The predicted molar refractivity (Wildman–Crippen MR) is 123 cm³/mol. The predicted octanol–water partition coefficient (Wildman–Crippen LogP) is 5.83. The van der Waals surface area contributed by atoms with Gasteiger partial charge in [-0.1, -0.05) is 48.2 Å². The van der Waals surface area contributed by atoms with Crippen molar-refractivity contribution in [2.24, 2.45) is 0 Å². The molecule has 0 aliphatic heterocycles. The lowest BCUT2D eigenvalue weighted by atomic mass is 10.1. The van der Waals surface area contributed by atoms with E-state index in [0.29, 0.717) is 11.4 Å². The number of aromatic nitrogens is 2. The summed E-state index contributed by atoms with van der Waals surface area (Å²) in [6.45, 7) is 1.35. The van der Waals surface area contributed by atoms with Crippen LogP contribution in [0, 0.1) is 0 Å². The van der Waals surface area contributed by atoms with Crippen LogP contribution < -0.4 is 10.7 Å². The maximum absolute atomic E-state index is 14.0. The molecule has 0 bridgehead atoms. The summed E-state index contributed by atoms with van der Waals surface area (Å²) in [6, 6.07) is 19.6. The zero-order valence-corrected chi connectivity index (χ0v) is 18.2.